The zero-order chi connectivity index (χ0) is 14.8. The molecule has 0 aliphatic heterocycles. The minimum Gasteiger partial charge on any atom is -0.481 e. The first kappa shape index (κ1) is 13.0. The molecule has 1 N–H and O–H groups in total. The van der Waals surface area contributed by atoms with Gasteiger partial charge in [0, 0.05) is 5.56 Å². The number of methoxy groups -OCH3 is 2. The second kappa shape index (κ2) is 5.20. The predicted molar refractivity (Wildman–Crippen MR) is 76.5 cm³/mol. The predicted octanol–water partition coefficient (Wildman–Crippen LogP) is 1.40. The van der Waals surface area contributed by atoms with E-state index in [0.717, 1.165) is 0 Å². The van der Waals surface area contributed by atoms with Gasteiger partial charge in [-0.3, -0.25) is 4.79 Å². The van der Waals surface area contributed by atoms with Gasteiger partial charge in [0.1, 0.15) is 0 Å². The zero-order valence-corrected chi connectivity index (χ0v) is 11.5. The quantitative estimate of drug-likeness (QED) is 0.781. The molecule has 0 aliphatic rings. The Morgan fingerprint density at radius 1 is 1.05 bits per heavy atom. The van der Waals surface area contributed by atoms with E-state index in [4.69, 9.17) is 9.47 Å². The SMILES string of the molecule is COc1cc(OC)nc(-c2ccc3nc[nH]c(=O)c3c2)n1. The van der Waals surface area contributed by atoms with E-state index in [1.54, 1.807) is 24.3 Å². The molecule has 0 atom stereocenters. The van der Waals surface area contributed by atoms with E-state index < -0.39 is 0 Å². The number of ether oxygens (including phenoxy) is 2. The van der Waals surface area contributed by atoms with Crippen LogP contribution < -0.4 is 15.0 Å². The van der Waals surface area contributed by atoms with Crippen LogP contribution in [0.4, 0.5) is 0 Å². The fourth-order valence-electron chi connectivity index (χ4n) is 1.95. The topological polar surface area (TPSA) is 90.0 Å². The highest BCUT2D eigenvalue weighted by atomic mass is 16.5. The Bertz CT molecular complexity index is 838. The molecule has 0 amide bonds. The smallest absolute Gasteiger partial charge is 0.258 e. The van der Waals surface area contributed by atoms with E-state index in [1.165, 1.54) is 20.5 Å². The van der Waals surface area contributed by atoms with Gasteiger partial charge in [-0.05, 0) is 18.2 Å². The lowest BCUT2D eigenvalue weighted by Gasteiger charge is -2.06. The summed E-state index contributed by atoms with van der Waals surface area (Å²) in [6.07, 6.45) is 1.37. The van der Waals surface area contributed by atoms with E-state index in [9.17, 15) is 4.79 Å². The van der Waals surface area contributed by atoms with Crippen LogP contribution in [-0.2, 0) is 0 Å². The number of hydrogen-bond acceptors (Lipinski definition) is 6. The van der Waals surface area contributed by atoms with Gasteiger partial charge in [0.15, 0.2) is 5.82 Å². The second-order valence-electron chi connectivity index (χ2n) is 4.24. The average molecular weight is 284 g/mol. The number of nitrogens with zero attached hydrogens (tertiary/aromatic N) is 3. The van der Waals surface area contributed by atoms with Gasteiger partial charge >= 0.3 is 0 Å². The van der Waals surface area contributed by atoms with Crippen molar-refractivity contribution in [2.45, 2.75) is 0 Å². The molecule has 0 saturated carbocycles. The Morgan fingerprint density at radius 2 is 1.76 bits per heavy atom. The van der Waals surface area contributed by atoms with Crippen molar-refractivity contribution in [1.29, 1.82) is 0 Å². The molecule has 21 heavy (non-hydrogen) atoms. The standard InChI is InChI=1S/C14H12N4O3/c1-20-11-6-12(21-2)18-13(17-11)8-3-4-10-9(5-8)14(19)16-7-15-10/h3-7H,1-2H3,(H,15,16,19). The normalized spacial score (nSPS) is 10.6. The van der Waals surface area contributed by atoms with Crippen molar-refractivity contribution in [3.63, 3.8) is 0 Å². The van der Waals surface area contributed by atoms with Crippen LogP contribution in [0.3, 0.4) is 0 Å². The van der Waals surface area contributed by atoms with Gasteiger partial charge in [-0.2, -0.15) is 9.97 Å². The van der Waals surface area contributed by atoms with Crippen molar-refractivity contribution in [2.24, 2.45) is 0 Å². The first-order valence-corrected chi connectivity index (χ1v) is 6.16. The van der Waals surface area contributed by atoms with Gasteiger partial charge in [0.25, 0.3) is 5.56 Å². The summed E-state index contributed by atoms with van der Waals surface area (Å²) in [6, 6.07) is 6.81. The molecule has 0 unspecified atom stereocenters. The minimum absolute atomic E-state index is 0.211. The molecule has 1 aromatic carbocycles. The summed E-state index contributed by atoms with van der Waals surface area (Å²) in [5.74, 6) is 1.19. The van der Waals surface area contributed by atoms with Crippen LogP contribution in [0.25, 0.3) is 22.3 Å². The summed E-state index contributed by atoms with van der Waals surface area (Å²) in [6.45, 7) is 0. The average Bonchev–Trinajstić information content (AvgIpc) is 2.54. The van der Waals surface area contributed by atoms with Crippen LogP contribution >= 0.6 is 0 Å². The van der Waals surface area contributed by atoms with E-state index in [2.05, 4.69) is 19.9 Å². The number of aromatic nitrogens is 4. The molecule has 7 nitrogen and oxygen atoms in total. The summed E-state index contributed by atoms with van der Waals surface area (Å²) < 4.78 is 10.2. The summed E-state index contributed by atoms with van der Waals surface area (Å²) in [4.78, 5) is 27.0. The molecular weight excluding hydrogens is 272 g/mol. The third-order valence-corrected chi connectivity index (χ3v) is 3.00. The van der Waals surface area contributed by atoms with E-state index >= 15 is 0 Å². The van der Waals surface area contributed by atoms with Gasteiger partial charge < -0.3 is 14.5 Å². The molecule has 3 rings (SSSR count). The minimum atomic E-state index is -0.211. The maximum absolute atomic E-state index is 11.8. The second-order valence-corrected chi connectivity index (χ2v) is 4.24. The molecule has 0 saturated heterocycles. The van der Waals surface area contributed by atoms with Gasteiger partial charge in [0.05, 0.1) is 37.5 Å². The third kappa shape index (κ3) is 2.40. The number of aromatic amines is 1. The largest absolute Gasteiger partial charge is 0.481 e. The molecule has 0 radical (unpaired) electrons. The summed E-state index contributed by atoms with van der Waals surface area (Å²) >= 11 is 0. The molecule has 0 fully saturated rings. The number of nitrogens with one attached hydrogen (secondary N) is 1. The lowest BCUT2D eigenvalue weighted by Crippen LogP contribution is -2.06. The molecule has 0 aliphatic carbocycles. The van der Waals surface area contributed by atoms with Crippen LogP contribution in [0.15, 0.2) is 35.4 Å². The Hall–Kier alpha value is -2.96. The molecule has 3 aromatic rings. The zero-order valence-electron chi connectivity index (χ0n) is 11.5. The maximum Gasteiger partial charge on any atom is 0.258 e. The molecule has 0 bridgehead atoms. The number of H-pyrrole nitrogens is 1. The molecule has 2 heterocycles. The number of benzene rings is 1. The monoisotopic (exact) mass is 284 g/mol. The first-order chi connectivity index (χ1) is 10.2. The fourth-order valence-corrected chi connectivity index (χ4v) is 1.95. The van der Waals surface area contributed by atoms with Crippen molar-refractivity contribution in [2.75, 3.05) is 14.2 Å². The number of rotatable bonds is 3. The van der Waals surface area contributed by atoms with Gasteiger partial charge in [-0.15, -0.1) is 0 Å². The van der Waals surface area contributed by atoms with Crippen molar-refractivity contribution in [1.82, 2.24) is 19.9 Å². The fraction of sp³-hybridized carbons (Fsp3) is 0.143. The van der Waals surface area contributed by atoms with Crippen molar-refractivity contribution < 1.29 is 9.47 Å². The molecule has 0 spiro atoms. The number of hydrogen-bond donors (Lipinski definition) is 1. The van der Waals surface area contributed by atoms with Crippen molar-refractivity contribution in [3.05, 3.63) is 40.9 Å². The summed E-state index contributed by atoms with van der Waals surface area (Å²) in [7, 11) is 3.03. The highest BCUT2D eigenvalue weighted by molar-refractivity contribution is 5.82. The highest BCUT2D eigenvalue weighted by Crippen LogP contribution is 2.23. The molecule has 2 aromatic heterocycles. The summed E-state index contributed by atoms with van der Waals surface area (Å²) in [5.41, 5.74) is 1.08. The maximum atomic E-state index is 11.8. The van der Waals surface area contributed by atoms with E-state index in [1.807, 2.05) is 0 Å². The van der Waals surface area contributed by atoms with Crippen LogP contribution in [0.1, 0.15) is 0 Å². The van der Waals surface area contributed by atoms with Crippen LogP contribution in [0.5, 0.6) is 11.8 Å². The van der Waals surface area contributed by atoms with Crippen molar-refractivity contribution >= 4 is 10.9 Å². The van der Waals surface area contributed by atoms with Gasteiger partial charge in [-0.25, -0.2) is 4.98 Å². The van der Waals surface area contributed by atoms with Gasteiger partial charge in [-0.1, -0.05) is 0 Å². The Kier molecular flexibility index (Phi) is 3.23. The Balaban J connectivity index is 2.20. The van der Waals surface area contributed by atoms with Gasteiger partial charge in [0.2, 0.25) is 11.8 Å². The lowest BCUT2D eigenvalue weighted by atomic mass is 10.1. The lowest BCUT2D eigenvalue weighted by molar-refractivity contribution is 0.373. The molecule has 7 heteroatoms. The van der Waals surface area contributed by atoms with E-state index in [0.29, 0.717) is 34.1 Å². The summed E-state index contributed by atoms with van der Waals surface area (Å²) in [5, 5.41) is 0.473. The molecular formula is C14H12N4O3. The third-order valence-electron chi connectivity index (χ3n) is 3.00. The van der Waals surface area contributed by atoms with Crippen LogP contribution in [0, 0.1) is 0 Å². The number of fused-ring (bicyclic) bond motifs is 1. The van der Waals surface area contributed by atoms with E-state index in [-0.39, 0.29) is 5.56 Å². The van der Waals surface area contributed by atoms with Crippen LogP contribution in [0.2, 0.25) is 0 Å². The Labute approximate surface area is 119 Å². The first-order valence-electron chi connectivity index (χ1n) is 6.16. The Morgan fingerprint density at radius 3 is 2.43 bits per heavy atom. The van der Waals surface area contributed by atoms with Crippen molar-refractivity contribution in [3.8, 4) is 23.1 Å². The van der Waals surface area contributed by atoms with Crippen LogP contribution in [-0.4, -0.2) is 34.2 Å². The highest BCUT2D eigenvalue weighted by Gasteiger charge is 2.09. The molecule has 106 valence electrons.